The second kappa shape index (κ2) is 37.0. The fraction of sp³-hybridized carbons (Fsp3) is 0.891. The summed E-state index contributed by atoms with van der Waals surface area (Å²) in [6, 6.07) is -0.822. The molecular formula is C46H87NO8. The summed E-state index contributed by atoms with van der Waals surface area (Å²) in [5.74, 6) is -0.188. The van der Waals surface area contributed by atoms with Crippen LogP contribution in [0.4, 0.5) is 0 Å². The Labute approximate surface area is 337 Å². The number of aliphatic hydroxyl groups is 5. The van der Waals surface area contributed by atoms with Crippen LogP contribution in [0.2, 0.25) is 0 Å². The van der Waals surface area contributed by atoms with Crippen LogP contribution in [0.5, 0.6) is 0 Å². The van der Waals surface area contributed by atoms with Gasteiger partial charge in [-0.15, -0.1) is 0 Å². The lowest BCUT2D eigenvalue weighted by molar-refractivity contribution is -0.302. The molecule has 55 heavy (non-hydrogen) atoms. The Balaban J connectivity index is 2.34. The first-order valence-electron chi connectivity index (χ1n) is 23.1. The van der Waals surface area contributed by atoms with Crippen molar-refractivity contribution in [3.05, 3.63) is 24.3 Å². The zero-order valence-electron chi connectivity index (χ0n) is 35.4. The van der Waals surface area contributed by atoms with Crippen molar-refractivity contribution in [2.75, 3.05) is 13.2 Å². The van der Waals surface area contributed by atoms with Gasteiger partial charge in [-0.2, -0.15) is 0 Å². The quantitative estimate of drug-likeness (QED) is 0.0268. The van der Waals surface area contributed by atoms with Gasteiger partial charge in [0.2, 0.25) is 5.91 Å². The number of carbonyl (C=O) groups is 1. The van der Waals surface area contributed by atoms with E-state index in [4.69, 9.17) is 9.47 Å². The second-order valence-electron chi connectivity index (χ2n) is 16.2. The van der Waals surface area contributed by atoms with Crippen molar-refractivity contribution in [3.63, 3.8) is 0 Å². The van der Waals surface area contributed by atoms with Crippen LogP contribution in [0.3, 0.4) is 0 Å². The number of hydrogen-bond acceptors (Lipinski definition) is 8. The van der Waals surface area contributed by atoms with E-state index in [2.05, 4.69) is 31.3 Å². The zero-order chi connectivity index (χ0) is 40.2. The van der Waals surface area contributed by atoms with Crippen molar-refractivity contribution in [2.24, 2.45) is 0 Å². The lowest BCUT2D eigenvalue weighted by Gasteiger charge is -2.40. The first kappa shape index (κ1) is 51.7. The first-order chi connectivity index (χ1) is 26.8. The van der Waals surface area contributed by atoms with E-state index in [1.165, 1.54) is 154 Å². The van der Waals surface area contributed by atoms with E-state index in [0.717, 1.165) is 25.7 Å². The van der Waals surface area contributed by atoms with Gasteiger partial charge < -0.3 is 40.3 Å². The van der Waals surface area contributed by atoms with Crippen LogP contribution >= 0.6 is 0 Å². The van der Waals surface area contributed by atoms with Gasteiger partial charge in [-0.05, 0) is 25.7 Å². The van der Waals surface area contributed by atoms with Crippen molar-refractivity contribution in [2.45, 2.75) is 249 Å². The molecule has 1 amide bonds. The Morgan fingerprint density at radius 3 is 1.55 bits per heavy atom. The van der Waals surface area contributed by atoms with E-state index in [0.29, 0.717) is 12.8 Å². The lowest BCUT2D eigenvalue weighted by atomic mass is 9.99. The number of carbonyl (C=O) groups excluding carboxylic acids is 1. The number of unbranched alkanes of at least 4 members (excludes halogenated alkanes) is 26. The number of ether oxygens (including phenoxy) is 2. The number of allylic oxidation sites excluding steroid dienone is 3. The number of hydrogen-bond donors (Lipinski definition) is 6. The van der Waals surface area contributed by atoms with Crippen molar-refractivity contribution in [1.82, 2.24) is 5.32 Å². The topological polar surface area (TPSA) is 149 Å². The Bertz CT molecular complexity index is 914. The molecule has 1 fully saturated rings. The van der Waals surface area contributed by atoms with E-state index >= 15 is 0 Å². The fourth-order valence-electron chi connectivity index (χ4n) is 7.31. The van der Waals surface area contributed by atoms with Crippen molar-refractivity contribution >= 4 is 5.91 Å². The molecule has 0 aliphatic carbocycles. The maximum absolute atomic E-state index is 12.9. The van der Waals surface area contributed by atoms with E-state index in [1.54, 1.807) is 6.08 Å². The summed E-state index contributed by atoms with van der Waals surface area (Å²) >= 11 is 0. The van der Waals surface area contributed by atoms with Gasteiger partial charge in [-0.1, -0.05) is 199 Å². The highest BCUT2D eigenvalue weighted by molar-refractivity contribution is 5.76. The molecule has 9 heteroatoms. The molecule has 0 aromatic carbocycles. The highest BCUT2D eigenvalue weighted by Gasteiger charge is 2.44. The SMILES string of the molecule is CCCCCCCCCCC=CC/C=C/[C@@H](O)[C@H](CO[C@@H]1O[C@H](CO)[C@@H](O)[C@H](O)[C@H]1O)NC(=O)CCCCCCCCCCCCCCCCCCCCC. The largest absolute Gasteiger partial charge is 0.394 e. The molecule has 0 radical (unpaired) electrons. The predicted molar refractivity (Wildman–Crippen MR) is 226 cm³/mol. The van der Waals surface area contributed by atoms with Crippen LogP contribution < -0.4 is 5.32 Å². The molecule has 0 bridgehead atoms. The minimum absolute atomic E-state index is 0.188. The van der Waals surface area contributed by atoms with E-state index in [-0.39, 0.29) is 12.5 Å². The van der Waals surface area contributed by atoms with E-state index in [1.807, 2.05) is 6.08 Å². The molecular weight excluding hydrogens is 695 g/mol. The average Bonchev–Trinajstić information content (AvgIpc) is 3.18. The van der Waals surface area contributed by atoms with Crippen LogP contribution in [0.15, 0.2) is 24.3 Å². The van der Waals surface area contributed by atoms with Crippen molar-refractivity contribution in [1.29, 1.82) is 0 Å². The van der Waals surface area contributed by atoms with Gasteiger partial charge >= 0.3 is 0 Å². The summed E-state index contributed by atoms with van der Waals surface area (Å²) in [7, 11) is 0. The molecule has 7 atom stereocenters. The molecule has 1 heterocycles. The average molecular weight is 782 g/mol. The summed E-state index contributed by atoms with van der Waals surface area (Å²) in [4.78, 5) is 12.9. The molecule has 0 saturated carbocycles. The standard InChI is InChI=1S/C46H87NO8/c1-3-5-7-9-11-13-15-17-18-19-20-21-22-24-26-28-30-32-34-36-42(50)47-39(38-54-46-45(53)44(52)43(51)41(37-48)55-46)40(49)35-33-31-29-27-25-23-16-14-12-10-8-6-4-2/h27,29,33,35,39-41,43-46,48-49,51-53H,3-26,28,30-32,34,36-38H2,1-2H3,(H,47,50)/b29-27?,35-33+/t39-,40+,41+,43+,44-,45+,46+/m0/s1. The highest BCUT2D eigenvalue weighted by atomic mass is 16.7. The first-order valence-corrected chi connectivity index (χ1v) is 23.1. The zero-order valence-corrected chi connectivity index (χ0v) is 35.4. The number of rotatable bonds is 38. The van der Waals surface area contributed by atoms with Crippen molar-refractivity contribution < 1.29 is 39.8 Å². The second-order valence-corrected chi connectivity index (χ2v) is 16.2. The normalized spacial score (nSPS) is 21.5. The summed E-state index contributed by atoms with van der Waals surface area (Å²) in [6.07, 6.45) is 36.6. The van der Waals surface area contributed by atoms with E-state index in [9.17, 15) is 30.3 Å². The maximum Gasteiger partial charge on any atom is 0.220 e. The third kappa shape index (κ3) is 27.9. The lowest BCUT2D eigenvalue weighted by Crippen LogP contribution is -2.60. The van der Waals surface area contributed by atoms with Crippen molar-refractivity contribution in [3.8, 4) is 0 Å². The smallest absolute Gasteiger partial charge is 0.220 e. The third-order valence-corrected chi connectivity index (χ3v) is 11.1. The van der Waals surface area contributed by atoms with Crippen LogP contribution in [0.1, 0.15) is 206 Å². The molecule has 0 spiro atoms. The fourth-order valence-corrected chi connectivity index (χ4v) is 7.31. The molecule has 324 valence electrons. The molecule has 1 saturated heterocycles. The number of aliphatic hydroxyl groups excluding tert-OH is 5. The van der Waals surface area contributed by atoms with Gasteiger partial charge in [0.25, 0.3) is 0 Å². The maximum atomic E-state index is 12.9. The molecule has 0 aromatic rings. The van der Waals surface area contributed by atoms with Crippen LogP contribution in [0.25, 0.3) is 0 Å². The molecule has 9 nitrogen and oxygen atoms in total. The van der Waals surface area contributed by atoms with Crippen LogP contribution in [-0.4, -0.2) is 87.5 Å². The summed E-state index contributed by atoms with van der Waals surface area (Å²) < 4.78 is 11.2. The van der Waals surface area contributed by atoms with Gasteiger partial charge in [-0.25, -0.2) is 0 Å². The van der Waals surface area contributed by atoms with E-state index < -0.39 is 49.5 Å². The molecule has 1 aliphatic rings. The van der Waals surface area contributed by atoms with Gasteiger partial charge in [0.15, 0.2) is 6.29 Å². The molecule has 0 unspecified atom stereocenters. The summed E-state index contributed by atoms with van der Waals surface area (Å²) in [6.45, 7) is 3.75. The number of nitrogens with one attached hydrogen (secondary N) is 1. The Hall–Kier alpha value is -1.33. The minimum atomic E-state index is -1.57. The van der Waals surface area contributed by atoms with Gasteiger partial charge in [0.1, 0.15) is 24.4 Å². The molecule has 1 rings (SSSR count). The molecule has 6 N–H and O–H groups in total. The Kier molecular flexibility index (Phi) is 34.7. The minimum Gasteiger partial charge on any atom is -0.394 e. The highest BCUT2D eigenvalue weighted by Crippen LogP contribution is 2.22. The third-order valence-electron chi connectivity index (χ3n) is 11.1. The Morgan fingerprint density at radius 1 is 0.618 bits per heavy atom. The van der Waals surface area contributed by atoms with Gasteiger partial charge in [0, 0.05) is 6.42 Å². The number of amides is 1. The molecule has 0 aromatic heterocycles. The van der Waals surface area contributed by atoms with Gasteiger partial charge in [0.05, 0.1) is 25.4 Å². The molecule has 1 aliphatic heterocycles. The Morgan fingerprint density at radius 2 is 1.07 bits per heavy atom. The monoisotopic (exact) mass is 782 g/mol. The van der Waals surface area contributed by atoms with Crippen LogP contribution in [0, 0.1) is 0 Å². The summed E-state index contributed by atoms with van der Waals surface area (Å²) in [5, 5.41) is 54.1. The summed E-state index contributed by atoms with van der Waals surface area (Å²) in [5.41, 5.74) is 0. The van der Waals surface area contributed by atoms with Crippen LogP contribution in [-0.2, 0) is 14.3 Å². The predicted octanol–water partition coefficient (Wildman–Crippen LogP) is 9.50. The van der Waals surface area contributed by atoms with Gasteiger partial charge in [-0.3, -0.25) is 4.79 Å².